The summed E-state index contributed by atoms with van der Waals surface area (Å²) in [5.74, 6) is 0.480. The molecule has 1 unspecified atom stereocenters. The van der Waals surface area contributed by atoms with E-state index in [1.807, 2.05) is 24.3 Å². The van der Waals surface area contributed by atoms with E-state index >= 15 is 0 Å². The third kappa shape index (κ3) is 2.93. The average Bonchev–Trinajstić information content (AvgIpc) is 2.33. The Bertz CT molecular complexity index is 401. The van der Waals surface area contributed by atoms with E-state index in [1.165, 1.54) is 5.56 Å². The molecule has 0 fully saturated rings. The van der Waals surface area contributed by atoms with Crippen LogP contribution in [0.1, 0.15) is 24.8 Å². The third-order valence-electron chi connectivity index (χ3n) is 2.90. The molecule has 1 aliphatic rings. The molecule has 0 radical (unpaired) electrons. The van der Waals surface area contributed by atoms with E-state index in [9.17, 15) is 4.79 Å². The van der Waals surface area contributed by atoms with Gasteiger partial charge in [0, 0.05) is 5.92 Å². The molecule has 0 saturated heterocycles. The Morgan fingerprint density at radius 2 is 2.06 bits per heavy atom. The molecule has 0 N–H and O–H groups in total. The van der Waals surface area contributed by atoms with Crippen LogP contribution in [0.4, 0.5) is 0 Å². The van der Waals surface area contributed by atoms with Gasteiger partial charge in [-0.15, -0.1) is 0 Å². The summed E-state index contributed by atoms with van der Waals surface area (Å²) in [7, 11) is 0. The number of hydrogen-bond acceptors (Lipinski definition) is 1. The van der Waals surface area contributed by atoms with Crippen molar-refractivity contribution in [2.24, 2.45) is 5.92 Å². The summed E-state index contributed by atoms with van der Waals surface area (Å²) >= 11 is 0. The van der Waals surface area contributed by atoms with Crippen LogP contribution in [0.3, 0.4) is 0 Å². The Kier molecular flexibility index (Phi) is 3.71. The first-order valence-electron chi connectivity index (χ1n) is 5.78. The second-order valence-electron chi connectivity index (χ2n) is 4.13. The molecule has 16 heavy (non-hydrogen) atoms. The van der Waals surface area contributed by atoms with Crippen LogP contribution >= 0.6 is 0 Å². The summed E-state index contributed by atoms with van der Waals surface area (Å²) in [6, 6.07) is 10.2. The first-order chi connectivity index (χ1) is 7.86. The zero-order valence-electron chi connectivity index (χ0n) is 9.30. The normalized spacial score (nSPS) is 20.5. The lowest BCUT2D eigenvalue weighted by Crippen LogP contribution is -2.13. The number of ketones is 1. The Balaban J connectivity index is 1.90. The van der Waals surface area contributed by atoms with E-state index in [0.717, 1.165) is 19.3 Å². The Morgan fingerprint density at radius 1 is 1.25 bits per heavy atom. The Morgan fingerprint density at radius 3 is 2.81 bits per heavy atom. The number of carbonyl (C=O) groups is 1. The Hall–Kier alpha value is -1.63. The highest BCUT2D eigenvalue weighted by molar-refractivity contribution is 5.92. The van der Waals surface area contributed by atoms with Crippen molar-refractivity contribution in [1.29, 1.82) is 0 Å². The molecule has 1 nitrogen and oxygen atoms in total. The number of carbonyl (C=O) groups excluding carboxylic acids is 1. The summed E-state index contributed by atoms with van der Waals surface area (Å²) < 4.78 is 0. The fraction of sp³-hybridized carbons (Fsp3) is 0.267. The smallest absolute Gasteiger partial charge is 0.158 e. The lowest BCUT2D eigenvalue weighted by Gasteiger charge is -2.13. The number of allylic oxidation sites excluding steroid dienone is 3. The van der Waals surface area contributed by atoms with Crippen LogP contribution in [-0.4, -0.2) is 5.78 Å². The van der Waals surface area contributed by atoms with E-state index < -0.39 is 0 Å². The minimum Gasteiger partial charge on any atom is -0.295 e. The van der Waals surface area contributed by atoms with Gasteiger partial charge >= 0.3 is 0 Å². The highest BCUT2D eigenvalue weighted by Gasteiger charge is 2.16. The van der Waals surface area contributed by atoms with Gasteiger partial charge < -0.3 is 0 Å². The van der Waals surface area contributed by atoms with E-state index in [0.29, 0.717) is 0 Å². The molecule has 82 valence electrons. The predicted octanol–water partition coefficient (Wildman–Crippen LogP) is 3.63. The van der Waals surface area contributed by atoms with E-state index in [2.05, 4.69) is 24.3 Å². The Labute approximate surface area is 96.5 Å². The minimum atomic E-state index is 0.199. The molecule has 0 amide bonds. The molecular weight excluding hydrogens is 196 g/mol. The summed E-state index contributed by atoms with van der Waals surface area (Å²) in [5, 5.41) is 0. The van der Waals surface area contributed by atoms with Gasteiger partial charge in [0.05, 0.1) is 0 Å². The van der Waals surface area contributed by atoms with Gasteiger partial charge in [0.25, 0.3) is 0 Å². The van der Waals surface area contributed by atoms with Gasteiger partial charge in [0.2, 0.25) is 0 Å². The van der Waals surface area contributed by atoms with Crippen molar-refractivity contribution in [3.8, 4) is 0 Å². The zero-order valence-corrected chi connectivity index (χ0v) is 9.30. The molecule has 0 aromatic heterocycles. The van der Waals surface area contributed by atoms with Crippen LogP contribution in [0.5, 0.6) is 0 Å². The average molecular weight is 212 g/mol. The van der Waals surface area contributed by atoms with Crippen molar-refractivity contribution in [2.75, 3.05) is 0 Å². The van der Waals surface area contributed by atoms with Crippen molar-refractivity contribution in [1.82, 2.24) is 0 Å². The number of hydrogen-bond donors (Lipinski definition) is 0. The van der Waals surface area contributed by atoms with Crippen LogP contribution in [0.2, 0.25) is 0 Å². The second kappa shape index (κ2) is 5.45. The molecule has 0 heterocycles. The monoisotopic (exact) mass is 212 g/mol. The standard InChI is InChI=1S/C15H16O/c16-15-12-5-4-10-14(15)11-6-9-13-7-2-1-3-8-13/h1-3,5-9,12,14H,4,10-11H2/b9-6+. The summed E-state index contributed by atoms with van der Waals surface area (Å²) in [6.07, 6.45) is 10.8. The lowest BCUT2D eigenvalue weighted by atomic mass is 9.90. The van der Waals surface area contributed by atoms with Crippen LogP contribution in [0.15, 0.2) is 48.6 Å². The molecule has 1 aromatic carbocycles. The third-order valence-corrected chi connectivity index (χ3v) is 2.90. The van der Waals surface area contributed by atoms with E-state index in [1.54, 1.807) is 6.08 Å². The minimum absolute atomic E-state index is 0.199. The molecule has 1 aromatic rings. The van der Waals surface area contributed by atoms with Gasteiger partial charge in [-0.3, -0.25) is 4.79 Å². The molecule has 0 aliphatic heterocycles. The van der Waals surface area contributed by atoms with Crippen LogP contribution in [0, 0.1) is 5.92 Å². The SMILES string of the molecule is O=C1C=CCCC1C/C=C/c1ccccc1. The molecule has 0 spiro atoms. The first-order valence-corrected chi connectivity index (χ1v) is 5.78. The fourth-order valence-corrected chi connectivity index (χ4v) is 1.94. The number of rotatable bonds is 3. The van der Waals surface area contributed by atoms with Crippen molar-refractivity contribution < 1.29 is 4.79 Å². The van der Waals surface area contributed by atoms with Gasteiger partial charge in [-0.1, -0.05) is 48.6 Å². The molecule has 1 atom stereocenters. The summed E-state index contributed by atoms with van der Waals surface area (Å²) in [5.41, 5.74) is 1.20. The molecule has 1 heteroatoms. The van der Waals surface area contributed by atoms with Gasteiger partial charge in [-0.05, 0) is 30.9 Å². The molecular formula is C15H16O. The molecule has 0 bridgehead atoms. The van der Waals surface area contributed by atoms with Crippen molar-refractivity contribution in [2.45, 2.75) is 19.3 Å². The fourth-order valence-electron chi connectivity index (χ4n) is 1.94. The van der Waals surface area contributed by atoms with Crippen molar-refractivity contribution in [3.05, 3.63) is 54.1 Å². The van der Waals surface area contributed by atoms with Crippen molar-refractivity contribution >= 4 is 11.9 Å². The maximum atomic E-state index is 11.5. The van der Waals surface area contributed by atoms with E-state index in [-0.39, 0.29) is 11.7 Å². The molecule has 1 aliphatic carbocycles. The quantitative estimate of drug-likeness (QED) is 0.747. The van der Waals surface area contributed by atoms with Crippen LogP contribution in [-0.2, 0) is 4.79 Å². The van der Waals surface area contributed by atoms with Crippen LogP contribution < -0.4 is 0 Å². The van der Waals surface area contributed by atoms with Gasteiger partial charge in [0.15, 0.2) is 5.78 Å². The highest BCUT2D eigenvalue weighted by Crippen LogP contribution is 2.19. The highest BCUT2D eigenvalue weighted by atomic mass is 16.1. The van der Waals surface area contributed by atoms with Crippen molar-refractivity contribution in [3.63, 3.8) is 0 Å². The maximum absolute atomic E-state index is 11.5. The molecule has 0 saturated carbocycles. The van der Waals surface area contributed by atoms with Gasteiger partial charge in [-0.25, -0.2) is 0 Å². The summed E-state index contributed by atoms with van der Waals surface area (Å²) in [6.45, 7) is 0. The summed E-state index contributed by atoms with van der Waals surface area (Å²) in [4.78, 5) is 11.5. The van der Waals surface area contributed by atoms with Crippen LogP contribution in [0.25, 0.3) is 6.08 Å². The zero-order chi connectivity index (χ0) is 11.2. The lowest BCUT2D eigenvalue weighted by molar-refractivity contribution is -0.118. The topological polar surface area (TPSA) is 17.1 Å². The number of benzene rings is 1. The molecule has 2 rings (SSSR count). The predicted molar refractivity (Wildman–Crippen MR) is 67.0 cm³/mol. The van der Waals surface area contributed by atoms with E-state index in [4.69, 9.17) is 0 Å². The first kappa shape index (κ1) is 10.9. The van der Waals surface area contributed by atoms with Gasteiger partial charge in [-0.2, -0.15) is 0 Å². The largest absolute Gasteiger partial charge is 0.295 e. The maximum Gasteiger partial charge on any atom is 0.158 e. The second-order valence-corrected chi connectivity index (χ2v) is 4.13. The van der Waals surface area contributed by atoms with Gasteiger partial charge in [0.1, 0.15) is 0 Å².